The fraction of sp³-hybridized carbons (Fsp3) is 0.238. The molecule has 1 N–H and O–H groups in total. The number of nitro groups is 1. The van der Waals surface area contributed by atoms with Gasteiger partial charge >= 0.3 is 0 Å². The molecule has 0 saturated carbocycles. The average Bonchev–Trinajstić information content (AvgIpc) is 3.02. The third kappa shape index (κ3) is 3.87. The summed E-state index contributed by atoms with van der Waals surface area (Å²) in [6, 6.07) is 11.1. The van der Waals surface area contributed by atoms with E-state index in [1.54, 1.807) is 24.3 Å². The summed E-state index contributed by atoms with van der Waals surface area (Å²) < 4.78 is 10.2. The average molecular weight is 412 g/mol. The number of methoxy groups -OCH3 is 2. The predicted octanol–water partition coefficient (Wildman–Crippen LogP) is 2.67. The van der Waals surface area contributed by atoms with E-state index in [2.05, 4.69) is 0 Å². The molecule has 1 fully saturated rings. The van der Waals surface area contributed by atoms with Crippen molar-refractivity contribution in [1.29, 1.82) is 0 Å². The Bertz CT molecular complexity index is 1010. The van der Waals surface area contributed by atoms with Crippen LogP contribution in [0.2, 0.25) is 0 Å². The van der Waals surface area contributed by atoms with Crippen LogP contribution in [-0.2, 0) is 14.3 Å². The van der Waals surface area contributed by atoms with Crippen LogP contribution in [0.25, 0.3) is 5.76 Å². The van der Waals surface area contributed by atoms with Crippen molar-refractivity contribution in [2.45, 2.75) is 6.04 Å². The molecule has 2 aromatic carbocycles. The maximum absolute atomic E-state index is 12.8. The summed E-state index contributed by atoms with van der Waals surface area (Å²) in [5.74, 6) is -1.53. The number of ketones is 1. The zero-order valence-corrected chi connectivity index (χ0v) is 16.4. The third-order valence-corrected chi connectivity index (χ3v) is 4.84. The monoisotopic (exact) mass is 412 g/mol. The van der Waals surface area contributed by atoms with E-state index < -0.39 is 28.4 Å². The molecule has 0 bridgehead atoms. The van der Waals surface area contributed by atoms with Gasteiger partial charge in [-0.05, 0) is 17.7 Å². The predicted molar refractivity (Wildman–Crippen MR) is 107 cm³/mol. The summed E-state index contributed by atoms with van der Waals surface area (Å²) in [7, 11) is 2.99. The number of non-ortho nitro benzene ring substituents is 1. The maximum atomic E-state index is 12.8. The van der Waals surface area contributed by atoms with E-state index >= 15 is 0 Å². The molecule has 156 valence electrons. The molecule has 0 radical (unpaired) electrons. The Morgan fingerprint density at radius 3 is 2.47 bits per heavy atom. The number of hydrogen-bond donors (Lipinski definition) is 1. The Morgan fingerprint density at radius 1 is 1.17 bits per heavy atom. The number of nitrogens with zero attached hydrogens (tertiary/aromatic N) is 2. The van der Waals surface area contributed by atoms with E-state index in [0.29, 0.717) is 11.3 Å². The molecule has 1 saturated heterocycles. The summed E-state index contributed by atoms with van der Waals surface area (Å²) >= 11 is 0. The zero-order chi connectivity index (χ0) is 21.8. The van der Waals surface area contributed by atoms with Gasteiger partial charge in [0, 0.05) is 31.4 Å². The van der Waals surface area contributed by atoms with Gasteiger partial charge in [-0.3, -0.25) is 19.7 Å². The first kappa shape index (κ1) is 21.0. The minimum atomic E-state index is -0.870. The van der Waals surface area contributed by atoms with Crippen LogP contribution in [-0.4, -0.2) is 54.0 Å². The Balaban J connectivity index is 2.16. The van der Waals surface area contributed by atoms with E-state index in [0.717, 1.165) is 6.07 Å². The fourth-order valence-electron chi connectivity index (χ4n) is 3.36. The molecule has 1 aliphatic rings. The van der Waals surface area contributed by atoms with Gasteiger partial charge in [-0.15, -0.1) is 0 Å². The van der Waals surface area contributed by atoms with Crippen molar-refractivity contribution in [2.24, 2.45) is 0 Å². The van der Waals surface area contributed by atoms with Crippen LogP contribution in [0.1, 0.15) is 17.2 Å². The van der Waals surface area contributed by atoms with E-state index in [1.807, 2.05) is 0 Å². The van der Waals surface area contributed by atoms with Gasteiger partial charge in [0.2, 0.25) is 0 Å². The molecular formula is C21H20N2O7. The number of rotatable bonds is 7. The van der Waals surface area contributed by atoms with Gasteiger partial charge < -0.3 is 19.5 Å². The van der Waals surface area contributed by atoms with Crippen molar-refractivity contribution >= 4 is 23.1 Å². The first-order chi connectivity index (χ1) is 14.4. The van der Waals surface area contributed by atoms with Gasteiger partial charge in [0.15, 0.2) is 0 Å². The number of hydrogen-bond acceptors (Lipinski definition) is 7. The van der Waals surface area contributed by atoms with Crippen LogP contribution in [0.4, 0.5) is 5.69 Å². The quantitative estimate of drug-likeness (QED) is 0.244. The highest BCUT2D eigenvalue weighted by Crippen LogP contribution is 2.39. The Hall–Kier alpha value is -3.72. The zero-order valence-electron chi connectivity index (χ0n) is 16.4. The molecule has 1 atom stereocenters. The summed E-state index contributed by atoms with van der Waals surface area (Å²) in [5, 5.41) is 22.0. The second-order valence-corrected chi connectivity index (χ2v) is 6.57. The van der Waals surface area contributed by atoms with E-state index in [4.69, 9.17) is 9.47 Å². The van der Waals surface area contributed by atoms with Gasteiger partial charge in [-0.25, -0.2) is 0 Å². The standard InChI is InChI=1S/C21H20N2O7/c1-29-11-10-22-18(13-6-8-16(30-2)9-7-13)17(20(25)21(22)26)19(24)14-4-3-5-15(12-14)23(27)28/h3-9,12,18,24H,10-11H2,1-2H3/b19-17-. The van der Waals surface area contributed by atoms with Gasteiger partial charge in [0.25, 0.3) is 17.4 Å². The number of amides is 1. The number of benzene rings is 2. The van der Waals surface area contributed by atoms with Crippen LogP contribution < -0.4 is 4.74 Å². The molecular weight excluding hydrogens is 392 g/mol. The highest BCUT2D eigenvalue weighted by atomic mass is 16.6. The Morgan fingerprint density at radius 2 is 1.87 bits per heavy atom. The Kier molecular flexibility index (Phi) is 6.12. The largest absolute Gasteiger partial charge is 0.507 e. The van der Waals surface area contributed by atoms with Crippen molar-refractivity contribution in [1.82, 2.24) is 4.90 Å². The number of aliphatic hydroxyl groups is 1. The first-order valence-electron chi connectivity index (χ1n) is 9.05. The lowest BCUT2D eigenvalue weighted by molar-refractivity contribution is -0.384. The molecule has 0 spiro atoms. The molecule has 30 heavy (non-hydrogen) atoms. The highest BCUT2D eigenvalue weighted by molar-refractivity contribution is 6.46. The number of carbonyl (C=O) groups is 2. The van der Waals surface area contributed by atoms with Gasteiger partial charge in [-0.1, -0.05) is 24.3 Å². The van der Waals surface area contributed by atoms with Crippen molar-refractivity contribution in [3.63, 3.8) is 0 Å². The van der Waals surface area contributed by atoms with E-state index in [-0.39, 0.29) is 30.0 Å². The minimum absolute atomic E-state index is 0.0763. The summed E-state index contributed by atoms with van der Waals surface area (Å²) in [4.78, 5) is 37.3. The van der Waals surface area contributed by atoms with Gasteiger partial charge in [0.1, 0.15) is 11.5 Å². The second-order valence-electron chi connectivity index (χ2n) is 6.57. The summed E-state index contributed by atoms with van der Waals surface area (Å²) in [5.41, 5.74) is 0.279. The molecule has 0 aromatic heterocycles. The highest BCUT2D eigenvalue weighted by Gasteiger charge is 2.45. The van der Waals surface area contributed by atoms with Crippen LogP contribution in [0.15, 0.2) is 54.1 Å². The first-order valence-corrected chi connectivity index (χ1v) is 9.05. The second kappa shape index (κ2) is 8.75. The lowest BCUT2D eigenvalue weighted by Gasteiger charge is -2.25. The van der Waals surface area contributed by atoms with E-state index in [9.17, 15) is 24.8 Å². The van der Waals surface area contributed by atoms with Gasteiger partial charge in [-0.2, -0.15) is 0 Å². The third-order valence-electron chi connectivity index (χ3n) is 4.84. The molecule has 9 heteroatoms. The van der Waals surface area contributed by atoms with Crippen molar-refractivity contribution in [2.75, 3.05) is 27.4 Å². The summed E-state index contributed by atoms with van der Waals surface area (Å²) in [6.45, 7) is 0.319. The number of carbonyl (C=O) groups excluding carboxylic acids is 2. The van der Waals surface area contributed by atoms with Crippen LogP contribution in [0.3, 0.4) is 0 Å². The fourth-order valence-corrected chi connectivity index (χ4v) is 3.36. The number of aliphatic hydroxyl groups excluding tert-OH is 1. The van der Waals surface area contributed by atoms with E-state index in [1.165, 1.54) is 37.3 Å². The molecule has 2 aromatic rings. The SMILES string of the molecule is COCCN1C(=O)C(=O)/C(=C(\O)c2cccc([N+](=O)[O-])c2)C1c1ccc(OC)cc1. The van der Waals surface area contributed by atoms with Crippen LogP contribution >= 0.6 is 0 Å². The van der Waals surface area contributed by atoms with Crippen LogP contribution in [0.5, 0.6) is 5.75 Å². The topological polar surface area (TPSA) is 119 Å². The maximum Gasteiger partial charge on any atom is 0.295 e. The molecule has 1 unspecified atom stereocenters. The molecule has 1 amide bonds. The van der Waals surface area contributed by atoms with Crippen molar-refractivity contribution in [3.05, 3.63) is 75.3 Å². The van der Waals surface area contributed by atoms with Crippen molar-refractivity contribution in [3.8, 4) is 5.75 Å². The Labute approximate surface area is 172 Å². The minimum Gasteiger partial charge on any atom is -0.507 e. The number of Topliss-reactive ketones (excluding diaryl/α,β-unsaturated/α-hetero) is 1. The lowest BCUT2D eigenvalue weighted by Crippen LogP contribution is -2.32. The molecule has 0 aliphatic carbocycles. The van der Waals surface area contributed by atoms with Gasteiger partial charge in [0.05, 0.1) is 30.3 Å². The van der Waals surface area contributed by atoms with Crippen molar-refractivity contribution < 1.29 is 29.1 Å². The van der Waals surface area contributed by atoms with Crippen LogP contribution in [0, 0.1) is 10.1 Å². The molecule has 3 rings (SSSR count). The molecule has 1 heterocycles. The molecule has 1 aliphatic heterocycles. The smallest absolute Gasteiger partial charge is 0.295 e. The normalized spacial score (nSPS) is 17.9. The molecule has 9 nitrogen and oxygen atoms in total. The lowest BCUT2D eigenvalue weighted by atomic mass is 9.95. The number of nitro benzene ring substituents is 1. The summed E-state index contributed by atoms with van der Waals surface area (Å²) in [6.07, 6.45) is 0. The number of likely N-dealkylation sites (tertiary alicyclic amines) is 1. The number of ether oxygens (including phenoxy) is 2.